The van der Waals surface area contributed by atoms with Crippen LogP contribution < -0.4 is 5.32 Å². The van der Waals surface area contributed by atoms with Gasteiger partial charge in [-0.15, -0.1) is 0 Å². The molecule has 2 aromatic carbocycles. The Kier molecular flexibility index (Phi) is 8.43. The van der Waals surface area contributed by atoms with Crippen LogP contribution in [-0.4, -0.2) is 61.6 Å². The monoisotopic (exact) mass is 409 g/mol. The summed E-state index contributed by atoms with van der Waals surface area (Å²) >= 11 is 0. The molecule has 0 aromatic heterocycles. The third-order valence-corrected chi connectivity index (χ3v) is 5.85. The first-order valence-electron chi connectivity index (χ1n) is 11.1. The molecule has 5 nitrogen and oxygen atoms in total. The average molecular weight is 410 g/mol. The van der Waals surface area contributed by atoms with Crippen LogP contribution in [0.1, 0.15) is 46.9 Å². The van der Waals surface area contributed by atoms with E-state index in [2.05, 4.69) is 72.3 Å². The summed E-state index contributed by atoms with van der Waals surface area (Å²) in [5.41, 5.74) is 4.30. The van der Waals surface area contributed by atoms with Gasteiger partial charge in [-0.2, -0.15) is 0 Å². The lowest BCUT2D eigenvalue weighted by atomic mass is 10.0. The molecule has 0 saturated carbocycles. The van der Waals surface area contributed by atoms with Gasteiger partial charge < -0.3 is 10.1 Å². The van der Waals surface area contributed by atoms with Crippen LogP contribution in [0.3, 0.4) is 0 Å². The highest BCUT2D eigenvalue weighted by Gasteiger charge is 2.21. The Morgan fingerprint density at radius 2 is 1.67 bits per heavy atom. The van der Waals surface area contributed by atoms with Gasteiger partial charge in [-0.25, -0.2) is 0 Å². The summed E-state index contributed by atoms with van der Waals surface area (Å²) in [4.78, 5) is 17.7. The lowest BCUT2D eigenvalue weighted by Gasteiger charge is -2.31. The number of morpholine rings is 1. The van der Waals surface area contributed by atoms with Gasteiger partial charge in [-0.05, 0) is 43.3 Å². The number of aryl methyl sites for hydroxylation is 1. The number of nitrogens with zero attached hydrogens (tertiary/aromatic N) is 2. The maximum absolute atomic E-state index is 13.0. The smallest absolute Gasteiger partial charge is 0.251 e. The molecule has 1 N–H and O–H groups in total. The minimum Gasteiger partial charge on any atom is -0.379 e. The fraction of sp³-hybridized carbons (Fsp3) is 0.480. The van der Waals surface area contributed by atoms with E-state index in [-0.39, 0.29) is 11.9 Å². The van der Waals surface area contributed by atoms with E-state index < -0.39 is 0 Å². The second-order valence-corrected chi connectivity index (χ2v) is 8.01. The minimum absolute atomic E-state index is 0.0248. The molecule has 162 valence electrons. The quantitative estimate of drug-likeness (QED) is 0.687. The van der Waals surface area contributed by atoms with Crippen LogP contribution in [0.5, 0.6) is 0 Å². The molecule has 0 bridgehead atoms. The number of amides is 1. The number of hydrogen-bond donors (Lipinski definition) is 1. The summed E-state index contributed by atoms with van der Waals surface area (Å²) in [6, 6.07) is 16.4. The van der Waals surface area contributed by atoms with E-state index in [9.17, 15) is 4.79 Å². The zero-order valence-corrected chi connectivity index (χ0v) is 18.6. The first-order valence-corrected chi connectivity index (χ1v) is 11.1. The SMILES string of the molecule is CCN(CC)Cc1ccc(C(=O)N[C@@H](CN2CCOCC2)c2ccc(C)cc2)cc1. The van der Waals surface area contributed by atoms with Crippen molar-refractivity contribution in [2.75, 3.05) is 45.9 Å². The average Bonchev–Trinajstić information content (AvgIpc) is 2.78. The number of carbonyl (C=O) groups excluding carboxylic acids is 1. The Labute approximate surface area is 181 Å². The van der Waals surface area contributed by atoms with Crippen molar-refractivity contribution in [3.05, 3.63) is 70.8 Å². The molecule has 1 heterocycles. The Balaban J connectivity index is 1.69. The van der Waals surface area contributed by atoms with E-state index in [0.29, 0.717) is 5.56 Å². The molecular formula is C25H35N3O2. The lowest BCUT2D eigenvalue weighted by Crippen LogP contribution is -2.43. The van der Waals surface area contributed by atoms with Gasteiger partial charge in [-0.3, -0.25) is 14.6 Å². The summed E-state index contributed by atoms with van der Waals surface area (Å²) in [5, 5.41) is 3.27. The third-order valence-electron chi connectivity index (χ3n) is 5.85. The van der Waals surface area contributed by atoms with E-state index in [4.69, 9.17) is 4.74 Å². The molecule has 0 radical (unpaired) electrons. The topological polar surface area (TPSA) is 44.8 Å². The van der Waals surface area contributed by atoms with Crippen molar-refractivity contribution in [2.24, 2.45) is 0 Å². The number of carbonyl (C=O) groups is 1. The molecule has 0 aliphatic carbocycles. The predicted octanol–water partition coefficient (Wildman–Crippen LogP) is 3.64. The van der Waals surface area contributed by atoms with Crippen molar-refractivity contribution in [3.8, 4) is 0 Å². The molecule has 1 amide bonds. The molecule has 5 heteroatoms. The Bertz CT molecular complexity index is 779. The first-order chi connectivity index (χ1) is 14.6. The van der Waals surface area contributed by atoms with Gasteiger partial charge in [0.15, 0.2) is 0 Å². The fourth-order valence-electron chi connectivity index (χ4n) is 3.78. The molecular weight excluding hydrogens is 374 g/mol. The predicted molar refractivity (Wildman–Crippen MR) is 122 cm³/mol. The van der Waals surface area contributed by atoms with Gasteiger partial charge in [0, 0.05) is 31.7 Å². The minimum atomic E-state index is -0.0495. The lowest BCUT2D eigenvalue weighted by molar-refractivity contribution is 0.0332. The Morgan fingerprint density at radius 3 is 2.27 bits per heavy atom. The standard InChI is InChI=1S/C25H35N3O2/c1-4-27(5-2)18-21-8-12-23(13-9-21)25(29)26-24(19-28-14-16-30-17-15-28)22-10-6-20(3)7-11-22/h6-13,24H,4-5,14-19H2,1-3H3,(H,26,29)/t24-/m0/s1. The highest BCUT2D eigenvalue weighted by Crippen LogP contribution is 2.18. The second-order valence-electron chi connectivity index (χ2n) is 8.01. The molecule has 1 aliphatic rings. The molecule has 1 atom stereocenters. The summed E-state index contributed by atoms with van der Waals surface area (Å²) in [7, 11) is 0. The van der Waals surface area contributed by atoms with E-state index in [1.54, 1.807) is 0 Å². The van der Waals surface area contributed by atoms with Gasteiger partial charge in [0.05, 0.1) is 19.3 Å². The van der Waals surface area contributed by atoms with Gasteiger partial charge in [-0.1, -0.05) is 55.8 Å². The highest BCUT2D eigenvalue weighted by molar-refractivity contribution is 5.94. The van der Waals surface area contributed by atoms with Crippen LogP contribution >= 0.6 is 0 Å². The van der Waals surface area contributed by atoms with Crippen LogP contribution in [0.2, 0.25) is 0 Å². The Morgan fingerprint density at radius 1 is 1.03 bits per heavy atom. The van der Waals surface area contributed by atoms with Crippen LogP contribution in [-0.2, 0) is 11.3 Å². The number of nitrogens with one attached hydrogen (secondary N) is 1. The second kappa shape index (κ2) is 11.3. The maximum Gasteiger partial charge on any atom is 0.251 e. The molecule has 1 fully saturated rings. The zero-order chi connectivity index (χ0) is 21.3. The van der Waals surface area contributed by atoms with E-state index in [1.807, 2.05) is 12.1 Å². The third kappa shape index (κ3) is 6.39. The molecule has 3 rings (SSSR count). The van der Waals surface area contributed by atoms with Gasteiger partial charge in [0.2, 0.25) is 0 Å². The summed E-state index contributed by atoms with van der Waals surface area (Å²) in [6.07, 6.45) is 0. The normalized spacial score (nSPS) is 15.9. The molecule has 1 saturated heterocycles. The van der Waals surface area contributed by atoms with Gasteiger partial charge in [0.1, 0.15) is 0 Å². The van der Waals surface area contributed by atoms with Crippen LogP contribution in [0.15, 0.2) is 48.5 Å². The Hall–Kier alpha value is -2.21. The fourth-order valence-corrected chi connectivity index (χ4v) is 3.78. The number of benzene rings is 2. The van der Waals surface area contributed by atoms with E-state index >= 15 is 0 Å². The van der Waals surface area contributed by atoms with Crippen LogP contribution in [0, 0.1) is 6.92 Å². The largest absolute Gasteiger partial charge is 0.379 e. The van der Waals surface area contributed by atoms with Crippen LogP contribution in [0.4, 0.5) is 0 Å². The maximum atomic E-state index is 13.0. The van der Waals surface area contributed by atoms with Crippen molar-refractivity contribution in [3.63, 3.8) is 0 Å². The molecule has 0 unspecified atom stereocenters. The van der Waals surface area contributed by atoms with Crippen molar-refractivity contribution < 1.29 is 9.53 Å². The highest BCUT2D eigenvalue weighted by atomic mass is 16.5. The van der Waals surface area contributed by atoms with Gasteiger partial charge in [0.25, 0.3) is 5.91 Å². The number of ether oxygens (including phenoxy) is 1. The van der Waals surface area contributed by atoms with Crippen molar-refractivity contribution in [1.82, 2.24) is 15.1 Å². The summed E-state index contributed by atoms with van der Waals surface area (Å²) in [5.74, 6) is -0.0248. The van der Waals surface area contributed by atoms with Crippen LogP contribution in [0.25, 0.3) is 0 Å². The van der Waals surface area contributed by atoms with Crippen molar-refractivity contribution in [2.45, 2.75) is 33.4 Å². The zero-order valence-electron chi connectivity index (χ0n) is 18.6. The molecule has 2 aromatic rings. The number of rotatable bonds is 9. The van der Waals surface area contributed by atoms with E-state index in [1.165, 1.54) is 11.1 Å². The molecule has 30 heavy (non-hydrogen) atoms. The van der Waals surface area contributed by atoms with Crippen molar-refractivity contribution >= 4 is 5.91 Å². The van der Waals surface area contributed by atoms with Gasteiger partial charge >= 0.3 is 0 Å². The van der Waals surface area contributed by atoms with Crippen molar-refractivity contribution in [1.29, 1.82) is 0 Å². The first kappa shape index (κ1) is 22.5. The van der Waals surface area contributed by atoms with E-state index in [0.717, 1.165) is 58.0 Å². The molecule has 0 spiro atoms. The number of hydrogen-bond acceptors (Lipinski definition) is 4. The summed E-state index contributed by atoms with van der Waals surface area (Å²) in [6.45, 7) is 13.5. The summed E-state index contributed by atoms with van der Waals surface area (Å²) < 4.78 is 5.48. The molecule has 1 aliphatic heterocycles.